The lowest BCUT2D eigenvalue weighted by atomic mass is 10.1. The molecule has 9 heteroatoms. The quantitative estimate of drug-likeness (QED) is 0.531. The lowest BCUT2D eigenvalue weighted by molar-refractivity contribution is 0.112. The second-order valence-corrected chi connectivity index (χ2v) is 8.25. The van der Waals surface area contributed by atoms with Gasteiger partial charge in [-0.2, -0.15) is 5.10 Å². The molecule has 1 heterocycles. The average Bonchev–Trinajstić information content (AvgIpc) is 2.94. The zero-order valence-electron chi connectivity index (χ0n) is 14.2. The van der Waals surface area contributed by atoms with Crippen molar-refractivity contribution >= 4 is 50.3 Å². The number of benzene rings is 2. The van der Waals surface area contributed by atoms with Gasteiger partial charge in [0.2, 0.25) is 10.0 Å². The SMILES string of the molecule is Cn1nc(N(Cc2ccc(C=O)cc2)S(C)(=O)=O)c2c(Cl)ccc(N)c21. The topological polar surface area (TPSA) is 98.3 Å². The molecule has 26 heavy (non-hydrogen) atoms. The summed E-state index contributed by atoms with van der Waals surface area (Å²) in [4.78, 5) is 10.8. The molecule has 0 aliphatic carbocycles. The third-order valence-electron chi connectivity index (χ3n) is 4.03. The van der Waals surface area contributed by atoms with Crippen LogP contribution in [0.1, 0.15) is 15.9 Å². The van der Waals surface area contributed by atoms with Gasteiger partial charge in [-0.3, -0.25) is 9.48 Å². The van der Waals surface area contributed by atoms with Crippen LogP contribution in [0.4, 0.5) is 11.5 Å². The summed E-state index contributed by atoms with van der Waals surface area (Å²) >= 11 is 6.31. The van der Waals surface area contributed by atoms with E-state index in [1.54, 1.807) is 43.4 Å². The van der Waals surface area contributed by atoms with Crippen molar-refractivity contribution in [1.82, 2.24) is 9.78 Å². The molecule has 3 rings (SSSR count). The Bertz CT molecular complexity index is 1090. The second-order valence-electron chi connectivity index (χ2n) is 5.94. The maximum atomic E-state index is 12.5. The Morgan fingerprint density at radius 2 is 1.88 bits per heavy atom. The summed E-state index contributed by atoms with van der Waals surface area (Å²) in [5.41, 5.74) is 8.25. The predicted molar refractivity (Wildman–Crippen MR) is 103 cm³/mol. The summed E-state index contributed by atoms with van der Waals surface area (Å²) in [5.74, 6) is 0.210. The molecule has 0 bridgehead atoms. The fraction of sp³-hybridized carbons (Fsp3) is 0.176. The van der Waals surface area contributed by atoms with Crippen molar-refractivity contribution < 1.29 is 13.2 Å². The van der Waals surface area contributed by atoms with Gasteiger partial charge in [-0.05, 0) is 17.7 Å². The molecule has 3 aromatic rings. The molecule has 2 N–H and O–H groups in total. The Kier molecular flexibility index (Phi) is 4.64. The monoisotopic (exact) mass is 392 g/mol. The molecule has 0 amide bonds. The van der Waals surface area contributed by atoms with Crippen LogP contribution < -0.4 is 10.0 Å². The fourth-order valence-corrected chi connectivity index (χ4v) is 3.84. The normalized spacial score (nSPS) is 11.7. The molecule has 0 saturated heterocycles. The van der Waals surface area contributed by atoms with Crippen LogP contribution in [0.5, 0.6) is 0 Å². The summed E-state index contributed by atoms with van der Waals surface area (Å²) in [6, 6.07) is 9.92. The van der Waals surface area contributed by atoms with Crippen LogP contribution in [-0.2, 0) is 23.6 Å². The van der Waals surface area contributed by atoms with Crippen LogP contribution in [0.2, 0.25) is 5.02 Å². The Labute approximate surface area is 156 Å². The van der Waals surface area contributed by atoms with Crippen molar-refractivity contribution in [2.24, 2.45) is 7.05 Å². The first kappa shape index (κ1) is 18.2. The van der Waals surface area contributed by atoms with Crippen molar-refractivity contribution in [2.75, 3.05) is 16.3 Å². The predicted octanol–water partition coefficient (Wildman–Crippen LogP) is 2.59. The molecule has 0 unspecified atom stereocenters. The number of sulfonamides is 1. The molecule has 0 aliphatic rings. The minimum Gasteiger partial charge on any atom is -0.397 e. The number of halogens is 1. The maximum Gasteiger partial charge on any atom is 0.233 e. The molecule has 0 saturated carbocycles. The molecule has 0 fully saturated rings. The first-order chi connectivity index (χ1) is 12.2. The number of rotatable bonds is 5. The lowest BCUT2D eigenvalue weighted by Gasteiger charge is -2.20. The standard InChI is InChI=1S/C17H17ClN4O3S/c1-21-16-14(19)8-7-13(18)15(16)17(20-21)22(26(2,24)25)9-11-3-5-12(10-23)6-4-11/h3-8,10H,9,19H2,1-2H3. The summed E-state index contributed by atoms with van der Waals surface area (Å²) in [6.45, 7) is 0.0508. The Morgan fingerprint density at radius 1 is 1.23 bits per heavy atom. The van der Waals surface area contributed by atoms with Gasteiger partial charge in [0, 0.05) is 12.6 Å². The Morgan fingerprint density at radius 3 is 2.46 bits per heavy atom. The van der Waals surface area contributed by atoms with Gasteiger partial charge in [0.1, 0.15) is 6.29 Å². The lowest BCUT2D eigenvalue weighted by Crippen LogP contribution is -2.30. The van der Waals surface area contributed by atoms with Gasteiger partial charge in [0.05, 0.1) is 34.4 Å². The highest BCUT2D eigenvalue weighted by atomic mass is 35.5. The fourth-order valence-electron chi connectivity index (χ4n) is 2.78. The number of hydrogen-bond acceptors (Lipinski definition) is 5. The number of nitrogens with zero attached hydrogens (tertiary/aromatic N) is 3. The van der Waals surface area contributed by atoms with E-state index in [2.05, 4.69) is 5.10 Å². The van der Waals surface area contributed by atoms with Crippen LogP contribution in [0.15, 0.2) is 36.4 Å². The summed E-state index contributed by atoms with van der Waals surface area (Å²) in [5, 5.41) is 5.19. The summed E-state index contributed by atoms with van der Waals surface area (Å²) in [7, 11) is -1.97. The number of aryl methyl sites for hydroxylation is 1. The minimum absolute atomic E-state index is 0.0508. The number of carbonyl (C=O) groups excluding carboxylic acids is 1. The summed E-state index contributed by atoms with van der Waals surface area (Å²) in [6.07, 6.45) is 1.83. The molecule has 7 nitrogen and oxygen atoms in total. The zero-order chi connectivity index (χ0) is 19.1. The highest BCUT2D eigenvalue weighted by molar-refractivity contribution is 7.92. The first-order valence-electron chi connectivity index (χ1n) is 7.65. The van der Waals surface area contributed by atoms with Crippen molar-refractivity contribution in [3.8, 4) is 0 Å². The molecule has 0 radical (unpaired) electrons. The second kappa shape index (κ2) is 6.62. The molecule has 0 atom stereocenters. The molecule has 0 aliphatic heterocycles. The average molecular weight is 393 g/mol. The molecule has 136 valence electrons. The number of fused-ring (bicyclic) bond motifs is 1. The zero-order valence-corrected chi connectivity index (χ0v) is 15.8. The Balaban J connectivity index is 2.17. The Hall–Kier alpha value is -2.58. The third kappa shape index (κ3) is 3.25. The smallest absolute Gasteiger partial charge is 0.233 e. The van der Waals surface area contributed by atoms with Crippen molar-refractivity contribution in [2.45, 2.75) is 6.54 Å². The molecule has 2 aromatic carbocycles. The van der Waals surface area contributed by atoms with Crippen LogP contribution in [-0.4, -0.2) is 30.7 Å². The van der Waals surface area contributed by atoms with E-state index in [9.17, 15) is 13.2 Å². The van der Waals surface area contributed by atoms with Gasteiger partial charge in [-0.25, -0.2) is 12.7 Å². The van der Waals surface area contributed by atoms with Gasteiger partial charge in [-0.15, -0.1) is 0 Å². The van der Waals surface area contributed by atoms with Crippen LogP contribution >= 0.6 is 11.6 Å². The van der Waals surface area contributed by atoms with Crippen LogP contribution in [0.3, 0.4) is 0 Å². The molecular formula is C17H17ClN4O3S. The van der Waals surface area contributed by atoms with Gasteiger partial charge >= 0.3 is 0 Å². The highest BCUT2D eigenvalue weighted by Crippen LogP contribution is 2.36. The maximum absolute atomic E-state index is 12.5. The van der Waals surface area contributed by atoms with Gasteiger partial charge in [0.25, 0.3) is 0 Å². The van der Waals surface area contributed by atoms with Crippen molar-refractivity contribution in [1.29, 1.82) is 0 Å². The number of hydrogen-bond donors (Lipinski definition) is 1. The van der Waals surface area contributed by atoms with Gasteiger partial charge < -0.3 is 5.73 Å². The van der Waals surface area contributed by atoms with Crippen molar-refractivity contribution in [3.63, 3.8) is 0 Å². The highest BCUT2D eigenvalue weighted by Gasteiger charge is 2.26. The van der Waals surface area contributed by atoms with E-state index in [-0.39, 0.29) is 12.4 Å². The van der Waals surface area contributed by atoms with E-state index in [1.807, 2.05) is 0 Å². The number of nitrogen functional groups attached to an aromatic ring is 1. The van der Waals surface area contributed by atoms with E-state index < -0.39 is 10.0 Å². The third-order valence-corrected chi connectivity index (χ3v) is 5.45. The van der Waals surface area contributed by atoms with Crippen LogP contribution in [0, 0.1) is 0 Å². The number of carbonyl (C=O) groups is 1. The minimum atomic E-state index is -3.65. The molecular weight excluding hydrogens is 376 g/mol. The summed E-state index contributed by atoms with van der Waals surface area (Å²) < 4.78 is 27.6. The number of aldehydes is 1. The van der Waals surface area contributed by atoms with E-state index in [0.29, 0.717) is 32.7 Å². The van der Waals surface area contributed by atoms with Crippen LogP contribution in [0.25, 0.3) is 10.9 Å². The molecule has 0 spiro atoms. The van der Waals surface area contributed by atoms with E-state index in [4.69, 9.17) is 17.3 Å². The van der Waals surface area contributed by atoms with Gasteiger partial charge in [0.15, 0.2) is 5.82 Å². The van der Waals surface area contributed by atoms with E-state index >= 15 is 0 Å². The first-order valence-corrected chi connectivity index (χ1v) is 9.87. The van der Waals surface area contributed by atoms with Gasteiger partial charge in [-0.1, -0.05) is 35.9 Å². The number of nitrogens with two attached hydrogens (primary N) is 1. The largest absolute Gasteiger partial charge is 0.397 e. The van der Waals surface area contributed by atoms with E-state index in [0.717, 1.165) is 12.5 Å². The van der Waals surface area contributed by atoms with Crippen molar-refractivity contribution in [3.05, 3.63) is 52.5 Å². The molecule has 1 aromatic heterocycles. The van der Waals surface area contributed by atoms with E-state index in [1.165, 1.54) is 8.99 Å². The number of aromatic nitrogens is 2. The number of anilines is 2.